The lowest BCUT2D eigenvalue weighted by atomic mass is 10.1. The maximum atomic E-state index is 12.7. The number of rotatable bonds is 3. The van der Waals surface area contributed by atoms with E-state index in [2.05, 4.69) is 34.4 Å². The zero-order chi connectivity index (χ0) is 15.8. The molecule has 1 amide bonds. The molecule has 3 aliphatic rings. The third-order valence-electron chi connectivity index (χ3n) is 5.42. The minimum Gasteiger partial charge on any atom is -0.363 e. The van der Waals surface area contributed by atoms with Crippen molar-refractivity contribution in [3.63, 3.8) is 0 Å². The van der Waals surface area contributed by atoms with Gasteiger partial charge in [0.1, 0.15) is 6.10 Å². The number of carbonyl (C=O) groups excluding carboxylic acids is 1. The maximum Gasteiger partial charge on any atom is 0.251 e. The van der Waals surface area contributed by atoms with Crippen LogP contribution in [0.25, 0.3) is 0 Å². The number of hydrogen-bond donors (Lipinski definition) is 0. The predicted octanol–water partition coefficient (Wildman–Crippen LogP) is 1.25. The van der Waals surface area contributed by atoms with E-state index in [-0.39, 0.29) is 18.1 Å². The highest BCUT2D eigenvalue weighted by Gasteiger charge is 2.46. The van der Waals surface area contributed by atoms with Gasteiger partial charge in [0.05, 0.1) is 6.10 Å². The summed E-state index contributed by atoms with van der Waals surface area (Å²) >= 11 is 1.81. The van der Waals surface area contributed by atoms with Gasteiger partial charge in [-0.3, -0.25) is 9.69 Å². The van der Waals surface area contributed by atoms with Crippen molar-refractivity contribution in [2.24, 2.45) is 0 Å². The monoisotopic (exact) mass is 335 g/mol. The van der Waals surface area contributed by atoms with E-state index in [0.717, 1.165) is 52.1 Å². The van der Waals surface area contributed by atoms with Gasteiger partial charge in [-0.1, -0.05) is 6.07 Å². The smallest absolute Gasteiger partial charge is 0.251 e. The fourth-order valence-corrected chi connectivity index (χ4v) is 4.75. The van der Waals surface area contributed by atoms with Crippen LogP contribution in [0.3, 0.4) is 0 Å². The molecule has 4 heterocycles. The summed E-state index contributed by atoms with van der Waals surface area (Å²) in [7, 11) is 2.11. The van der Waals surface area contributed by atoms with Crippen LogP contribution in [-0.4, -0.2) is 78.6 Å². The first-order valence-corrected chi connectivity index (χ1v) is 9.48. The van der Waals surface area contributed by atoms with Gasteiger partial charge in [-0.2, -0.15) is 0 Å². The van der Waals surface area contributed by atoms with Crippen molar-refractivity contribution in [3.05, 3.63) is 22.4 Å². The molecular weight excluding hydrogens is 310 g/mol. The molecule has 3 aliphatic heterocycles. The number of likely N-dealkylation sites (N-methyl/N-ethyl adjacent to an activating group) is 1. The van der Waals surface area contributed by atoms with Gasteiger partial charge in [-0.25, -0.2) is 0 Å². The molecule has 0 bridgehead atoms. The van der Waals surface area contributed by atoms with E-state index < -0.39 is 0 Å². The van der Waals surface area contributed by atoms with E-state index in [1.54, 1.807) is 0 Å². The Labute approximate surface area is 141 Å². The summed E-state index contributed by atoms with van der Waals surface area (Å²) in [5.74, 6) is 0.212. The van der Waals surface area contributed by atoms with Gasteiger partial charge in [-0.05, 0) is 24.9 Å². The van der Waals surface area contributed by atoms with E-state index in [4.69, 9.17) is 4.74 Å². The van der Waals surface area contributed by atoms with Gasteiger partial charge in [0.15, 0.2) is 0 Å². The van der Waals surface area contributed by atoms with Crippen molar-refractivity contribution in [1.29, 1.82) is 0 Å². The van der Waals surface area contributed by atoms with Crippen molar-refractivity contribution >= 4 is 17.2 Å². The highest BCUT2D eigenvalue weighted by Crippen LogP contribution is 2.35. The zero-order valence-corrected chi connectivity index (χ0v) is 14.5. The maximum absolute atomic E-state index is 12.7. The summed E-state index contributed by atoms with van der Waals surface area (Å²) in [6, 6.07) is 4.72. The molecule has 4 rings (SSSR count). The molecule has 1 aromatic heterocycles. The zero-order valence-electron chi connectivity index (χ0n) is 13.7. The minimum absolute atomic E-state index is 0.212. The van der Waals surface area contributed by atoms with E-state index in [1.807, 2.05) is 16.2 Å². The molecular formula is C17H25N3O2S. The molecule has 126 valence electrons. The van der Waals surface area contributed by atoms with Gasteiger partial charge in [0.25, 0.3) is 5.91 Å². The summed E-state index contributed by atoms with van der Waals surface area (Å²) in [6.45, 7) is 5.69. The van der Waals surface area contributed by atoms with Crippen LogP contribution in [0, 0.1) is 0 Å². The van der Waals surface area contributed by atoms with Gasteiger partial charge in [0, 0.05) is 56.6 Å². The van der Waals surface area contributed by atoms with Gasteiger partial charge < -0.3 is 14.5 Å². The van der Waals surface area contributed by atoms with E-state index in [1.165, 1.54) is 4.88 Å². The SMILES string of the molecule is CN1CCN(C(=O)[C@H]2C[C@H]3[C@H](CCN3Cc3cccs3)O2)CC1. The van der Waals surface area contributed by atoms with E-state index >= 15 is 0 Å². The van der Waals surface area contributed by atoms with Crippen molar-refractivity contribution < 1.29 is 9.53 Å². The molecule has 0 unspecified atom stereocenters. The first-order valence-electron chi connectivity index (χ1n) is 8.60. The predicted molar refractivity (Wildman–Crippen MR) is 90.5 cm³/mol. The Morgan fingerprint density at radius 2 is 2.13 bits per heavy atom. The molecule has 6 heteroatoms. The van der Waals surface area contributed by atoms with Gasteiger partial charge >= 0.3 is 0 Å². The number of likely N-dealkylation sites (tertiary alicyclic amines) is 1. The normalized spacial score (nSPS) is 32.4. The fraction of sp³-hybridized carbons (Fsp3) is 0.706. The van der Waals surface area contributed by atoms with Crippen LogP contribution in [0.2, 0.25) is 0 Å². The number of fused-ring (bicyclic) bond motifs is 1. The first-order chi connectivity index (χ1) is 11.2. The molecule has 0 aliphatic carbocycles. The van der Waals surface area contributed by atoms with Crippen LogP contribution in [0.4, 0.5) is 0 Å². The Kier molecular flexibility index (Phi) is 4.41. The Morgan fingerprint density at radius 3 is 2.87 bits per heavy atom. The molecule has 3 atom stereocenters. The lowest BCUT2D eigenvalue weighted by molar-refractivity contribution is -0.144. The number of hydrogen-bond acceptors (Lipinski definition) is 5. The van der Waals surface area contributed by atoms with Crippen LogP contribution in [-0.2, 0) is 16.1 Å². The van der Waals surface area contributed by atoms with Crippen LogP contribution in [0.1, 0.15) is 17.7 Å². The quantitative estimate of drug-likeness (QED) is 0.833. The molecule has 0 aromatic carbocycles. The summed E-state index contributed by atoms with van der Waals surface area (Å²) < 4.78 is 6.13. The highest BCUT2D eigenvalue weighted by atomic mass is 32.1. The Bertz CT molecular complexity index is 542. The summed E-state index contributed by atoms with van der Waals surface area (Å²) in [5, 5.41) is 2.13. The molecule has 23 heavy (non-hydrogen) atoms. The largest absolute Gasteiger partial charge is 0.363 e. The highest BCUT2D eigenvalue weighted by molar-refractivity contribution is 7.09. The van der Waals surface area contributed by atoms with E-state index in [9.17, 15) is 4.79 Å². The third-order valence-corrected chi connectivity index (χ3v) is 6.28. The lowest BCUT2D eigenvalue weighted by Crippen LogP contribution is -2.50. The van der Waals surface area contributed by atoms with Crippen LogP contribution < -0.4 is 0 Å². The number of amides is 1. The van der Waals surface area contributed by atoms with Crippen LogP contribution in [0.5, 0.6) is 0 Å². The molecule has 5 nitrogen and oxygen atoms in total. The average Bonchev–Trinajstić information content (AvgIpc) is 3.26. The molecule has 3 saturated heterocycles. The molecule has 0 spiro atoms. The van der Waals surface area contributed by atoms with Crippen LogP contribution in [0.15, 0.2) is 17.5 Å². The topological polar surface area (TPSA) is 36.0 Å². The fourth-order valence-electron chi connectivity index (χ4n) is 4.02. The van der Waals surface area contributed by atoms with Crippen molar-refractivity contribution in [1.82, 2.24) is 14.7 Å². The van der Waals surface area contributed by atoms with Gasteiger partial charge in [-0.15, -0.1) is 11.3 Å². The summed E-state index contributed by atoms with van der Waals surface area (Å²) in [4.78, 5) is 20.9. The second-order valence-electron chi connectivity index (χ2n) is 6.93. The molecule has 0 N–H and O–H groups in total. The third kappa shape index (κ3) is 3.18. The van der Waals surface area contributed by atoms with E-state index in [0.29, 0.717) is 6.04 Å². The van der Waals surface area contributed by atoms with Crippen molar-refractivity contribution in [2.45, 2.75) is 37.6 Å². The Hall–Kier alpha value is -0.950. The average molecular weight is 335 g/mol. The second-order valence-corrected chi connectivity index (χ2v) is 7.97. The summed E-state index contributed by atoms with van der Waals surface area (Å²) in [6.07, 6.45) is 1.94. The van der Waals surface area contributed by atoms with Crippen molar-refractivity contribution in [3.8, 4) is 0 Å². The Balaban J connectivity index is 1.36. The first kappa shape index (κ1) is 15.6. The number of ether oxygens (including phenoxy) is 1. The number of carbonyl (C=O) groups is 1. The minimum atomic E-state index is -0.223. The number of nitrogens with zero attached hydrogens (tertiary/aromatic N) is 3. The number of piperazine rings is 1. The molecule has 1 aromatic rings. The summed E-state index contributed by atoms with van der Waals surface area (Å²) in [5.41, 5.74) is 0. The van der Waals surface area contributed by atoms with Gasteiger partial charge in [0.2, 0.25) is 0 Å². The molecule has 0 radical (unpaired) electrons. The second kappa shape index (κ2) is 6.51. The molecule has 0 saturated carbocycles. The van der Waals surface area contributed by atoms with Crippen molar-refractivity contribution in [2.75, 3.05) is 39.8 Å². The van der Waals surface area contributed by atoms with Crippen LogP contribution >= 0.6 is 11.3 Å². The lowest BCUT2D eigenvalue weighted by Gasteiger charge is -2.34. The standard InChI is InChI=1S/C17H25N3O2S/c1-18-6-8-19(9-7-18)17(21)16-11-14-15(22-16)4-5-20(14)12-13-3-2-10-23-13/h2-3,10,14-16H,4-9,11-12H2,1H3/t14-,15-,16+/m0/s1. The Morgan fingerprint density at radius 1 is 1.30 bits per heavy atom. The number of thiophene rings is 1. The molecule has 3 fully saturated rings.